The van der Waals surface area contributed by atoms with E-state index in [1.165, 1.54) is 12.5 Å². The van der Waals surface area contributed by atoms with Crippen molar-refractivity contribution in [1.82, 2.24) is 35.1 Å². The monoisotopic (exact) mass is 243 g/mol. The average Bonchev–Trinajstić information content (AvgIpc) is 3.05. The van der Waals surface area contributed by atoms with Crippen LogP contribution in [-0.2, 0) is 6.54 Å². The van der Waals surface area contributed by atoms with E-state index in [4.69, 9.17) is 0 Å². The third kappa shape index (κ3) is 1.79. The maximum Gasteiger partial charge on any atom is 0.255 e. The molecular weight excluding hydrogens is 234 g/mol. The molecule has 8 nitrogen and oxygen atoms in total. The highest BCUT2D eigenvalue weighted by atomic mass is 16.1. The van der Waals surface area contributed by atoms with Crippen molar-refractivity contribution in [1.29, 1.82) is 0 Å². The van der Waals surface area contributed by atoms with Crippen molar-refractivity contribution in [2.45, 2.75) is 6.54 Å². The molecule has 0 spiro atoms. The molecule has 0 aromatic carbocycles. The molecule has 0 saturated carbocycles. The minimum Gasteiger partial charge on any atom is -0.345 e. The first-order valence-electron chi connectivity index (χ1n) is 5.24. The van der Waals surface area contributed by atoms with Crippen LogP contribution in [0.25, 0.3) is 5.52 Å². The standard InChI is InChI=1S/C10H9N7O/c18-10(12-5-9-13-6-14-16-9)7-3-15-17-2-1-11-4-8(7)17/h1-4,6H,5H2,(H,12,18)(H,13,14,16). The fourth-order valence-corrected chi connectivity index (χ4v) is 1.58. The lowest BCUT2D eigenvalue weighted by molar-refractivity contribution is 0.0951. The molecule has 0 atom stereocenters. The lowest BCUT2D eigenvalue weighted by Crippen LogP contribution is -2.23. The Kier molecular flexibility index (Phi) is 2.45. The Morgan fingerprint density at radius 2 is 2.39 bits per heavy atom. The number of hydrogen-bond acceptors (Lipinski definition) is 5. The van der Waals surface area contributed by atoms with Gasteiger partial charge in [0.2, 0.25) is 0 Å². The van der Waals surface area contributed by atoms with Gasteiger partial charge in [-0.15, -0.1) is 0 Å². The van der Waals surface area contributed by atoms with E-state index < -0.39 is 0 Å². The number of H-pyrrole nitrogens is 1. The van der Waals surface area contributed by atoms with Gasteiger partial charge in [0.1, 0.15) is 12.2 Å². The topological polar surface area (TPSA) is 101 Å². The van der Waals surface area contributed by atoms with Crippen LogP contribution in [0.4, 0.5) is 0 Å². The summed E-state index contributed by atoms with van der Waals surface area (Å²) in [6.07, 6.45) is 7.78. The SMILES string of the molecule is O=C(NCc1ncn[nH]1)c1cnn2ccncc12. The van der Waals surface area contributed by atoms with Crippen molar-refractivity contribution in [3.05, 3.63) is 42.5 Å². The molecule has 3 aromatic heterocycles. The average molecular weight is 243 g/mol. The number of fused-ring (bicyclic) bond motifs is 1. The summed E-state index contributed by atoms with van der Waals surface area (Å²) in [6, 6.07) is 0. The molecule has 0 saturated heterocycles. The summed E-state index contributed by atoms with van der Waals surface area (Å²) >= 11 is 0. The second-order valence-electron chi connectivity index (χ2n) is 3.58. The van der Waals surface area contributed by atoms with Crippen LogP contribution in [0, 0.1) is 0 Å². The number of carbonyl (C=O) groups excluding carboxylic acids is 1. The molecule has 8 heteroatoms. The maximum atomic E-state index is 12.0. The molecule has 90 valence electrons. The molecule has 2 N–H and O–H groups in total. The number of rotatable bonds is 3. The third-order valence-electron chi connectivity index (χ3n) is 2.45. The Labute approximate surface area is 101 Å². The molecule has 0 bridgehead atoms. The van der Waals surface area contributed by atoms with Gasteiger partial charge in [0.15, 0.2) is 0 Å². The van der Waals surface area contributed by atoms with Gasteiger partial charge in [-0.25, -0.2) is 9.50 Å². The summed E-state index contributed by atoms with van der Waals surface area (Å²) in [5.74, 6) is 0.368. The first kappa shape index (κ1) is 10.4. The van der Waals surface area contributed by atoms with Crippen LogP contribution in [-0.4, -0.2) is 35.7 Å². The molecule has 18 heavy (non-hydrogen) atoms. The second kappa shape index (κ2) is 4.24. The molecule has 0 unspecified atom stereocenters. The quantitative estimate of drug-likeness (QED) is 0.662. The lowest BCUT2D eigenvalue weighted by Gasteiger charge is -2.00. The first-order chi connectivity index (χ1) is 8.84. The van der Waals surface area contributed by atoms with Crippen molar-refractivity contribution >= 4 is 11.4 Å². The third-order valence-corrected chi connectivity index (χ3v) is 2.45. The molecule has 3 rings (SSSR count). The van der Waals surface area contributed by atoms with E-state index >= 15 is 0 Å². The fraction of sp³-hybridized carbons (Fsp3) is 0.100. The number of hydrogen-bond donors (Lipinski definition) is 2. The van der Waals surface area contributed by atoms with Crippen LogP contribution < -0.4 is 5.32 Å². The molecular formula is C10H9N7O. The van der Waals surface area contributed by atoms with Gasteiger partial charge in [-0.3, -0.25) is 14.9 Å². The molecule has 1 amide bonds. The molecule has 0 aliphatic rings. The van der Waals surface area contributed by atoms with Crippen molar-refractivity contribution < 1.29 is 4.79 Å². The summed E-state index contributed by atoms with van der Waals surface area (Å²) in [6.45, 7) is 0.288. The van der Waals surface area contributed by atoms with Crippen LogP contribution in [0.2, 0.25) is 0 Å². The summed E-state index contributed by atoms with van der Waals surface area (Å²) < 4.78 is 1.59. The number of nitrogens with zero attached hydrogens (tertiary/aromatic N) is 5. The van der Waals surface area contributed by atoms with E-state index in [-0.39, 0.29) is 12.5 Å². The zero-order valence-corrected chi connectivity index (χ0v) is 9.24. The van der Waals surface area contributed by atoms with Crippen LogP contribution in [0.1, 0.15) is 16.2 Å². The minimum absolute atomic E-state index is 0.227. The van der Waals surface area contributed by atoms with E-state index in [9.17, 15) is 4.79 Å². The Hall–Kier alpha value is -2.77. The fourth-order valence-electron chi connectivity index (χ4n) is 1.58. The van der Waals surface area contributed by atoms with E-state index in [1.54, 1.807) is 23.1 Å². The van der Waals surface area contributed by atoms with Crippen molar-refractivity contribution in [2.75, 3.05) is 0 Å². The van der Waals surface area contributed by atoms with Crippen LogP contribution in [0.3, 0.4) is 0 Å². The minimum atomic E-state index is -0.227. The highest BCUT2D eigenvalue weighted by Crippen LogP contribution is 2.08. The Morgan fingerprint density at radius 1 is 1.44 bits per heavy atom. The van der Waals surface area contributed by atoms with E-state index in [0.717, 1.165) is 0 Å². The molecule has 3 heterocycles. The molecule has 0 radical (unpaired) electrons. The summed E-state index contributed by atoms with van der Waals surface area (Å²) in [5.41, 5.74) is 1.13. The van der Waals surface area contributed by atoms with Gasteiger partial charge in [-0.2, -0.15) is 10.2 Å². The predicted molar refractivity (Wildman–Crippen MR) is 60.5 cm³/mol. The maximum absolute atomic E-state index is 12.0. The number of carbonyl (C=O) groups is 1. The van der Waals surface area contributed by atoms with Gasteiger partial charge in [0.25, 0.3) is 5.91 Å². The van der Waals surface area contributed by atoms with Crippen LogP contribution in [0.15, 0.2) is 31.1 Å². The summed E-state index contributed by atoms with van der Waals surface area (Å²) in [4.78, 5) is 19.8. The molecule has 0 aliphatic heterocycles. The van der Waals surface area contributed by atoms with Gasteiger partial charge >= 0.3 is 0 Å². The van der Waals surface area contributed by atoms with E-state index in [1.807, 2.05) is 0 Å². The van der Waals surface area contributed by atoms with Crippen LogP contribution in [0.5, 0.6) is 0 Å². The number of amides is 1. The van der Waals surface area contributed by atoms with Gasteiger partial charge < -0.3 is 5.32 Å². The smallest absolute Gasteiger partial charge is 0.255 e. The number of nitrogens with one attached hydrogen (secondary N) is 2. The van der Waals surface area contributed by atoms with Gasteiger partial charge in [0, 0.05) is 12.4 Å². The highest BCUT2D eigenvalue weighted by Gasteiger charge is 2.12. The summed E-state index contributed by atoms with van der Waals surface area (Å²) in [7, 11) is 0. The van der Waals surface area contributed by atoms with Gasteiger partial charge in [0.05, 0.1) is 30.0 Å². The second-order valence-corrected chi connectivity index (χ2v) is 3.58. The predicted octanol–water partition coefficient (Wildman–Crippen LogP) is -0.223. The zero-order valence-electron chi connectivity index (χ0n) is 9.24. The van der Waals surface area contributed by atoms with Crippen molar-refractivity contribution in [3.8, 4) is 0 Å². The molecule has 0 aliphatic carbocycles. The largest absolute Gasteiger partial charge is 0.345 e. The summed E-state index contributed by atoms with van der Waals surface area (Å²) in [5, 5.41) is 13.2. The lowest BCUT2D eigenvalue weighted by atomic mass is 10.3. The number of aromatic nitrogens is 6. The Morgan fingerprint density at radius 3 is 3.22 bits per heavy atom. The van der Waals surface area contributed by atoms with Gasteiger partial charge in [-0.1, -0.05) is 0 Å². The van der Waals surface area contributed by atoms with E-state index in [0.29, 0.717) is 16.9 Å². The first-order valence-corrected chi connectivity index (χ1v) is 5.24. The van der Waals surface area contributed by atoms with Crippen molar-refractivity contribution in [3.63, 3.8) is 0 Å². The Balaban J connectivity index is 1.80. The number of aromatic amines is 1. The van der Waals surface area contributed by atoms with Crippen LogP contribution >= 0.6 is 0 Å². The Bertz CT molecular complexity index is 672. The highest BCUT2D eigenvalue weighted by molar-refractivity contribution is 6.00. The molecule has 3 aromatic rings. The van der Waals surface area contributed by atoms with E-state index in [2.05, 4.69) is 30.6 Å². The van der Waals surface area contributed by atoms with Crippen molar-refractivity contribution in [2.24, 2.45) is 0 Å². The zero-order chi connectivity index (χ0) is 12.4. The molecule has 0 fully saturated rings. The van der Waals surface area contributed by atoms with Gasteiger partial charge in [-0.05, 0) is 0 Å². The normalized spacial score (nSPS) is 10.7.